The summed E-state index contributed by atoms with van der Waals surface area (Å²) in [6.07, 6.45) is 5.34. The van der Waals surface area contributed by atoms with Crippen LogP contribution in [0, 0.1) is 18.8 Å². The maximum atomic E-state index is 13.3. The van der Waals surface area contributed by atoms with Crippen LogP contribution in [0.15, 0.2) is 47.4 Å². The van der Waals surface area contributed by atoms with Gasteiger partial charge in [0.2, 0.25) is 0 Å². The number of aromatic nitrogens is 5. The first-order chi connectivity index (χ1) is 14.1. The van der Waals surface area contributed by atoms with Crippen LogP contribution in [0.3, 0.4) is 0 Å². The molecular weight excluding hydrogens is 362 g/mol. The van der Waals surface area contributed by atoms with Gasteiger partial charge < -0.3 is 4.57 Å². The summed E-state index contributed by atoms with van der Waals surface area (Å²) in [7, 11) is 0. The van der Waals surface area contributed by atoms with Gasteiger partial charge in [-0.2, -0.15) is 5.10 Å². The summed E-state index contributed by atoms with van der Waals surface area (Å²) < 4.78 is 3.64. The Morgan fingerprint density at radius 2 is 1.83 bits per heavy atom. The molecule has 3 heterocycles. The van der Waals surface area contributed by atoms with Crippen LogP contribution in [0.25, 0.3) is 27.8 Å². The third-order valence-corrected chi connectivity index (χ3v) is 6.67. The predicted octanol–water partition coefficient (Wildman–Crippen LogP) is 4.41. The van der Waals surface area contributed by atoms with Crippen molar-refractivity contribution in [3.05, 3.63) is 58.6 Å². The Balaban J connectivity index is 1.70. The molecule has 148 valence electrons. The van der Waals surface area contributed by atoms with Gasteiger partial charge in [0.05, 0.1) is 11.3 Å². The molecule has 1 aliphatic carbocycles. The Kier molecular flexibility index (Phi) is 4.23. The molecule has 0 spiro atoms. The van der Waals surface area contributed by atoms with E-state index in [1.54, 1.807) is 4.52 Å². The average Bonchev–Trinajstić information content (AvgIpc) is 3.07. The summed E-state index contributed by atoms with van der Waals surface area (Å²) in [6.45, 7) is 6.50. The minimum Gasteiger partial charge on any atom is -0.310 e. The number of aryl methyl sites for hydroxylation is 1. The van der Waals surface area contributed by atoms with Crippen LogP contribution >= 0.6 is 0 Å². The fraction of sp³-hybridized carbons (Fsp3) is 0.391. The largest absolute Gasteiger partial charge is 0.310 e. The van der Waals surface area contributed by atoms with Crippen molar-refractivity contribution in [2.45, 2.75) is 46.1 Å². The normalized spacial score (nSPS) is 22.4. The molecule has 0 radical (unpaired) electrons. The average molecular weight is 387 g/mol. The monoisotopic (exact) mass is 387 g/mol. The molecule has 0 bridgehead atoms. The Hall–Kier alpha value is -3.02. The van der Waals surface area contributed by atoms with Gasteiger partial charge in [-0.3, -0.25) is 4.79 Å². The van der Waals surface area contributed by atoms with Crippen molar-refractivity contribution in [3.8, 4) is 11.1 Å². The Bertz CT molecular complexity index is 1260. The number of rotatable bonds is 2. The summed E-state index contributed by atoms with van der Waals surface area (Å²) in [5, 5.41) is 13.5. The van der Waals surface area contributed by atoms with Crippen LogP contribution in [-0.4, -0.2) is 24.4 Å². The van der Waals surface area contributed by atoms with Gasteiger partial charge in [0.25, 0.3) is 5.56 Å². The SMILES string of the molecule is Cc1nn2c(nnc3c(=O)n([C@H]4CCC[C@H](C)[C@@H]4C)ccc32)c1-c1ccccc1. The van der Waals surface area contributed by atoms with E-state index in [2.05, 4.69) is 24.0 Å². The molecule has 0 amide bonds. The quantitative estimate of drug-likeness (QED) is 0.511. The van der Waals surface area contributed by atoms with Crippen LogP contribution < -0.4 is 5.56 Å². The van der Waals surface area contributed by atoms with Crippen molar-refractivity contribution in [1.82, 2.24) is 24.4 Å². The Morgan fingerprint density at radius 3 is 2.62 bits per heavy atom. The molecule has 1 fully saturated rings. The lowest BCUT2D eigenvalue weighted by atomic mass is 9.78. The van der Waals surface area contributed by atoms with Crippen molar-refractivity contribution >= 4 is 16.7 Å². The number of hydrogen-bond acceptors (Lipinski definition) is 4. The summed E-state index contributed by atoms with van der Waals surface area (Å²) in [5.41, 5.74) is 4.57. The third-order valence-electron chi connectivity index (χ3n) is 6.67. The topological polar surface area (TPSA) is 65.1 Å². The fourth-order valence-corrected chi connectivity index (χ4v) is 4.82. The van der Waals surface area contributed by atoms with E-state index in [0.29, 0.717) is 28.5 Å². The van der Waals surface area contributed by atoms with Crippen molar-refractivity contribution in [2.75, 3.05) is 0 Å². The number of nitrogens with zero attached hydrogens (tertiary/aromatic N) is 5. The highest BCUT2D eigenvalue weighted by Gasteiger charge is 2.29. The van der Waals surface area contributed by atoms with E-state index in [9.17, 15) is 4.79 Å². The van der Waals surface area contributed by atoms with E-state index in [-0.39, 0.29) is 11.6 Å². The minimum absolute atomic E-state index is 0.0720. The first-order valence-electron chi connectivity index (χ1n) is 10.4. The van der Waals surface area contributed by atoms with Gasteiger partial charge >= 0.3 is 0 Å². The minimum atomic E-state index is -0.0720. The summed E-state index contributed by atoms with van der Waals surface area (Å²) in [5.74, 6) is 1.08. The van der Waals surface area contributed by atoms with Crippen molar-refractivity contribution in [1.29, 1.82) is 0 Å². The summed E-state index contributed by atoms with van der Waals surface area (Å²) in [6, 6.07) is 12.2. The maximum Gasteiger partial charge on any atom is 0.280 e. The zero-order valence-electron chi connectivity index (χ0n) is 17.0. The molecule has 1 aromatic carbocycles. The van der Waals surface area contributed by atoms with Crippen molar-refractivity contribution < 1.29 is 0 Å². The summed E-state index contributed by atoms with van der Waals surface area (Å²) in [4.78, 5) is 13.3. The Morgan fingerprint density at radius 1 is 1.03 bits per heavy atom. The van der Waals surface area contributed by atoms with E-state index >= 15 is 0 Å². The van der Waals surface area contributed by atoms with Crippen LogP contribution in [0.4, 0.5) is 0 Å². The van der Waals surface area contributed by atoms with Crippen molar-refractivity contribution in [3.63, 3.8) is 0 Å². The predicted molar refractivity (Wildman–Crippen MR) is 114 cm³/mol. The molecule has 0 unspecified atom stereocenters. The van der Waals surface area contributed by atoms with Crippen LogP contribution in [0.5, 0.6) is 0 Å². The molecule has 3 aromatic heterocycles. The van der Waals surface area contributed by atoms with Gasteiger partial charge in [0, 0.05) is 12.2 Å². The van der Waals surface area contributed by atoms with Gasteiger partial charge in [-0.15, -0.1) is 10.2 Å². The van der Waals surface area contributed by atoms with E-state index < -0.39 is 0 Å². The standard InChI is InChI=1S/C23H25N5O/c1-14-8-7-11-18(15(14)2)27-13-12-19-21(23(27)29)24-25-22-20(16(3)26-28(19)22)17-9-5-4-6-10-17/h4-6,9-10,12-15,18H,7-8,11H2,1-3H3/t14-,15-,18-/m0/s1. The molecule has 0 N–H and O–H groups in total. The molecule has 6 nitrogen and oxygen atoms in total. The van der Waals surface area contributed by atoms with Gasteiger partial charge in [-0.1, -0.05) is 57.0 Å². The van der Waals surface area contributed by atoms with Gasteiger partial charge in [0.1, 0.15) is 5.52 Å². The molecule has 3 atom stereocenters. The van der Waals surface area contributed by atoms with E-state index in [1.807, 2.05) is 54.1 Å². The zero-order valence-corrected chi connectivity index (χ0v) is 17.0. The molecule has 5 rings (SSSR count). The number of benzene rings is 1. The van der Waals surface area contributed by atoms with Crippen LogP contribution in [0.2, 0.25) is 0 Å². The number of fused-ring (bicyclic) bond motifs is 3. The molecule has 0 aliphatic heterocycles. The highest BCUT2D eigenvalue weighted by Crippen LogP contribution is 2.37. The van der Waals surface area contributed by atoms with Crippen LogP contribution in [-0.2, 0) is 0 Å². The second kappa shape index (κ2) is 6.79. The zero-order chi connectivity index (χ0) is 20.1. The molecule has 6 heteroatoms. The fourth-order valence-electron chi connectivity index (χ4n) is 4.82. The Labute approximate surface area is 169 Å². The highest BCUT2D eigenvalue weighted by atomic mass is 16.1. The second-order valence-electron chi connectivity index (χ2n) is 8.36. The lowest BCUT2D eigenvalue weighted by Gasteiger charge is -2.35. The number of hydrogen-bond donors (Lipinski definition) is 0. The highest BCUT2D eigenvalue weighted by molar-refractivity contribution is 5.84. The third kappa shape index (κ3) is 2.77. The van der Waals surface area contributed by atoms with E-state index in [4.69, 9.17) is 5.10 Å². The van der Waals surface area contributed by atoms with Gasteiger partial charge in [-0.05, 0) is 36.8 Å². The molecule has 29 heavy (non-hydrogen) atoms. The molecule has 1 saturated carbocycles. The lowest BCUT2D eigenvalue weighted by Crippen LogP contribution is -2.34. The van der Waals surface area contributed by atoms with Crippen molar-refractivity contribution in [2.24, 2.45) is 11.8 Å². The molecule has 4 aromatic rings. The number of pyridine rings is 1. The maximum absolute atomic E-state index is 13.3. The molecular formula is C23H25N5O. The smallest absolute Gasteiger partial charge is 0.280 e. The lowest BCUT2D eigenvalue weighted by molar-refractivity contribution is 0.183. The van der Waals surface area contributed by atoms with E-state index in [0.717, 1.165) is 29.7 Å². The van der Waals surface area contributed by atoms with Crippen LogP contribution in [0.1, 0.15) is 44.8 Å². The molecule has 1 aliphatic rings. The first-order valence-corrected chi connectivity index (χ1v) is 10.4. The first kappa shape index (κ1) is 18.0. The van der Waals surface area contributed by atoms with Gasteiger partial charge in [-0.25, -0.2) is 4.52 Å². The van der Waals surface area contributed by atoms with Gasteiger partial charge in [0.15, 0.2) is 11.2 Å². The summed E-state index contributed by atoms with van der Waals surface area (Å²) >= 11 is 0. The van der Waals surface area contributed by atoms with E-state index in [1.165, 1.54) is 6.42 Å². The second-order valence-corrected chi connectivity index (χ2v) is 8.36. The molecule has 0 saturated heterocycles.